The first-order chi connectivity index (χ1) is 14.8. The van der Waals surface area contributed by atoms with E-state index in [0.29, 0.717) is 41.6 Å². The predicted octanol–water partition coefficient (Wildman–Crippen LogP) is 4.07. The summed E-state index contributed by atoms with van der Waals surface area (Å²) in [6, 6.07) is 9.23. The van der Waals surface area contributed by atoms with Crippen molar-refractivity contribution in [3.8, 4) is 17.1 Å². The van der Waals surface area contributed by atoms with Crippen molar-refractivity contribution >= 4 is 10.0 Å². The van der Waals surface area contributed by atoms with E-state index in [-0.39, 0.29) is 23.2 Å². The molecule has 0 bridgehead atoms. The number of aryl methyl sites for hydroxylation is 2. The number of aromatic nitrogens is 2. The first kappa shape index (κ1) is 21.5. The number of nitrogens with zero attached hydrogens (tertiary/aromatic N) is 3. The highest BCUT2D eigenvalue weighted by atomic mass is 32.2. The first-order valence-electron chi connectivity index (χ1n) is 10.0. The Bertz CT molecular complexity index is 1190. The molecule has 1 fully saturated rings. The van der Waals surface area contributed by atoms with Gasteiger partial charge in [-0.25, -0.2) is 12.8 Å². The summed E-state index contributed by atoms with van der Waals surface area (Å²) >= 11 is 0. The maximum atomic E-state index is 13.4. The molecule has 9 heteroatoms. The maximum absolute atomic E-state index is 13.4. The van der Waals surface area contributed by atoms with E-state index >= 15 is 0 Å². The average Bonchev–Trinajstić information content (AvgIpc) is 3.26. The van der Waals surface area contributed by atoms with Gasteiger partial charge in [-0.3, -0.25) is 0 Å². The van der Waals surface area contributed by atoms with E-state index in [0.717, 1.165) is 12.0 Å². The molecule has 164 valence electrons. The molecule has 2 heterocycles. The quantitative estimate of drug-likeness (QED) is 0.589. The Morgan fingerprint density at radius 1 is 1.16 bits per heavy atom. The van der Waals surface area contributed by atoms with Crippen LogP contribution in [0.5, 0.6) is 5.75 Å². The largest absolute Gasteiger partial charge is 0.496 e. The topological polar surface area (TPSA) is 85.5 Å². The van der Waals surface area contributed by atoms with Gasteiger partial charge >= 0.3 is 0 Å². The Morgan fingerprint density at radius 2 is 1.90 bits per heavy atom. The molecule has 7 nitrogen and oxygen atoms in total. The van der Waals surface area contributed by atoms with Crippen LogP contribution in [0.3, 0.4) is 0 Å². The lowest BCUT2D eigenvalue weighted by molar-refractivity contribution is 0.265. The number of ether oxygens (including phenoxy) is 1. The lowest BCUT2D eigenvalue weighted by Gasteiger charge is -2.30. The van der Waals surface area contributed by atoms with Crippen LogP contribution in [0.1, 0.15) is 35.8 Å². The van der Waals surface area contributed by atoms with Crippen LogP contribution in [-0.4, -0.2) is 43.1 Å². The summed E-state index contributed by atoms with van der Waals surface area (Å²) in [7, 11) is -2.12. The molecule has 1 aliphatic rings. The Hall–Kier alpha value is -2.78. The summed E-state index contributed by atoms with van der Waals surface area (Å²) in [6.07, 6.45) is 1.43. The molecule has 0 radical (unpaired) electrons. The van der Waals surface area contributed by atoms with Crippen LogP contribution in [0.15, 0.2) is 45.8 Å². The summed E-state index contributed by atoms with van der Waals surface area (Å²) in [4.78, 5) is 4.72. The number of piperidine rings is 1. The highest BCUT2D eigenvalue weighted by molar-refractivity contribution is 7.89. The minimum atomic E-state index is -3.68. The van der Waals surface area contributed by atoms with Gasteiger partial charge in [-0.1, -0.05) is 5.16 Å². The van der Waals surface area contributed by atoms with Gasteiger partial charge < -0.3 is 9.26 Å². The SMILES string of the molecule is COc1cc(C)c(S(=O)(=O)N2CCCC(c3nc(-c4ccc(F)cc4)no3)C2)cc1C. The van der Waals surface area contributed by atoms with E-state index in [1.165, 1.54) is 16.4 Å². The van der Waals surface area contributed by atoms with Crippen LogP contribution in [0.25, 0.3) is 11.4 Å². The van der Waals surface area contributed by atoms with Crippen molar-refractivity contribution in [3.05, 3.63) is 59.2 Å². The monoisotopic (exact) mass is 445 g/mol. The number of hydrogen-bond donors (Lipinski definition) is 0. The fourth-order valence-electron chi connectivity index (χ4n) is 3.88. The average molecular weight is 446 g/mol. The van der Waals surface area contributed by atoms with Crippen molar-refractivity contribution in [2.45, 2.75) is 37.5 Å². The van der Waals surface area contributed by atoms with E-state index in [1.54, 1.807) is 38.3 Å². The predicted molar refractivity (Wildman–Crippen MR) is 113 cm³/mol. The lowest BCUT2D eigenvalue weighted by atomic mass is 10.00. The molecular formula is C22H24FN3O4S. The van der Waals surface area contributed by atoms with Crippen molar-refractivity contribution in [2.75, 3.05) is 20.2 Å². The van der Waals surface area contributed by atoms with Crippen molar-refractivity contribution in [1.29, 1.82) is 0 Å². The molecule has 4 rings (SSSR count). The minimum absolute atomic E-state index is 0.204. The van der Waals surface area contributed by atoms with Crippen LogP contribution in [-0.2, 0) is 10.0 Å². The molecule has 0 amide bonds. The number of benzene rings is 2. The number of rotatable bonds is 5. The van der Waals surface area contributed by atoms with Crippen molar-refractivity contribution in [2.24, 2.45) is 0 Å². The van der Waals surface area contributed by atoms with Gasteiger partial charge in [0.05, 0.1) is 17.9 Å². The summed E-state index contributed by atoms with van der Waals surface area (Å²) in [6.45, 7) is 4.29. The standard InChI is InChI=1S/C22H24FN3O4S/c1-14-12-20(15(2)11-19(14)29-3)31(27,28)26-10-4-5-17(13-26)22-24-21(25-30-22)16-6-8-18(23)9-7-16/h6-9,11-12,17H,4-5,10,13H2,1-3H3. The van der Waals surface area contributed by atoms with Gasteiger partial charge in [0.25, 0.3) is 0 Å². The van der Waals surface area contributed by atoms with Crippen molar-refractivity contribution in [1.82, 2.24) is 14.4 Å². The fourth-order valence-corrected chi connectivity index (χ4v) is 5.69. The Labute approximate surface area is 180 Å². The molecule has 0 spiro atoms. The normalized spacial score (nSPS) is 17.6. The van der Waals surface area contributed by atoms with Gasteiger partial charge in [0.15, 0.2) is 0 Å². The number of methoxy groups -OCH3 is 1. The molecule has 0 aliphatic carbocycles. The van der Waals surface area contributed by atoms with Crippen LogP contribution in [0, 0.1) is 19.7 Å². The first-order valence-corrected chi connectivity index (χ1v) is 11.5. The highest BCUT2D eigenvalue weighted by Crippen LogP contribution is 2.33. The molecule has 31 heavy (non-hydrogen) atoms. The van der Waals surface area contributed by atoms with Crippen LogP contribution in [0.4, 0.5) is 4.39 Å². The Kier molecular flexibility index (Phi) is 5.81. The van der Waals surface area contributed by atoms with Gasteiger partial charge in [0, 0.05) is 18.7 Å². The zero-order valence-electron chi connectivity index (χ0n) is 17.6. The second-order valence-electron chi connectivity index (χ2n) is 7.75. The van der Waals surface area contributed by atoms with Gasteiger partial charge in [-0.2, -0.15) is 9.29 Å². The molecule has 1 aromatic heterocycles. The van der Waals surface area contributed by atoms with Crippen LogP contribution < -0.4 is 4.74 Å². The molecule has 1 saturated heterocycles. The number of halogens is 1. The van der Waals surface area contributed by atoms with Gasteiger partial charge in [0.1, 0.15) is 11.6 Å². The zero-order valence-corrected chi connectivity index (χ0v) is 18.4. The summed E-state index contributed by atoms with van der Waals surface area (Å²) in [5.41, 5.74) is 2.04. The van der Waals surface area contributed by atoms with Gasteiger partial charge in [-0.15, -0.1) is 0 Å². The zero-order chi connectivity index (χ0) is 22.2. The second-order valence-corrected chi connectivity index (χ2v) is 9.66. The molecule has 1 unspecified atom stereocenters. The molecule has 3 aromatic rings. The second kappa shape index (κ2) is 8.39. The Balaban J connectivity index is 1.58. The van der Waals surface area contributed by atoms with Gasteiger partial charge in [-0.05, 0) is 74.2 Å². The van der Waals surface area contributed by atoms with Gasteiger partial charge in [0.2, 0.25) is 21.7 Å². The van der Waals surface area contributed by atoms with E-state index in [1.807, 2.05) is 6.92 Å². The third-order valence-electron chi connectivity index (χ3n) is 5.59. The number of hydrogen-bond acceptors (Lipinski definition) is 6. The van der Waals surface area contributed by atoms with E-state index < -0.39 is 10.0 Å². The molecule has 1 aliphatic heterocycles. The smallest absolute Gasteiger partial charge is 0.243 e. The Morgan fingerprint density at radius 3 is 2.61 bits per heavy atom. The molecule has 1 atom stereocenters. The highest BCUT2D eigenvalue weighted by Gasteiger charge is 2.34. The maximum Gasteiger partial charge on any atom is 0.243 e. The third kappa shape index (κ3) is 4.20. The molecule has 0 saturated carbocycles. The van der Waals surface area contributed by atoms with Crippen LogP contribution in [0.2, 0.25) is 0 Å². The summed E-state index contributed by atoms with van der Waals surface area (Å²) < 4.78 is 52.1. The summed E-state index contributed by atoms with van der Waals surface area (Å²) in [5.74, 6) is 0.861. The third-order valence-corrected chi connectivity index (χ3v) is 7.59. The lowest BCUT2D eigenvalue weighted by Crippen LogP contribution is -2.39. The molecule has 0 N–H and O–H groups in total. The van der Waals surface area contributed by atoms with Crippen LogP contribution >= 0.6 is 0 Å². The summed E-state index contributed by atoms with van der Waals surface area (Å²) in [5, 5.41) is 3.99. The number of sulfonamides is 1. The van der Waals surface area contributed by atoms with E-state index in [2.05, 4.69) is 10.1 Å². The van der Waals surface area contributed by atoms with E-state index in [9.17, 15) is 12.8 Å². The fraction of sp³-hybridized carbons (Fsp3) is 0.364. The minimum Gasteiger partial charge on any atom is -0.496 e. The van der Waals surface area contributed by atoms with Crippen molar-refractivity contribution < 1.29 is 22.1 Å². The molecular weight excluding hydrogens is 421 g/mol. The van der Waals surface area contributed by atoms with Crippen molar-refractivity contribution in [3.63, 3.8) is 0 Å². The van der Waals surface area contributed by atoms with E-state index in [4.69, 9.17) is 9.26 Å². The molecule has 2 aromatic carbocycles.